The van der Waals surface area contributed by atoms with Crippen LogP contribution in [0, 0.1) is 0 Å². The average molecular weight is 162 g/mol. The number of aliphatic hydroxyl groups is 1. The van der Waals surface area contributed by atoms with Crippen LogP contribution in [0.15, 0.2) is 24.3 Å². The van der Waals surface area contributed by atoms with Gasteiger partial charge in [-0.1, -0.05) is 24.3 Å². The summed E-state index contributed by atoms with van der Waals surface area (Å²) in [5.41, 5.74) is 2.09. The normalized spacial score (nSPS) is 26.8. The zero-order chi connectivity index (χ0) is 8.55. The molecule has 0 heterocycles. The van der Waals surface area contributed by atoms with E-state index < -0.39 is 6.10 Å². The van der Waals surface area contributed by atoms with Crippen LogP contribution in [-0.4, -0.2) is 17.5 Å². The van der Waals surface area contributed by atoms with E-state index in [4.69, 9.17) is 0 Å². The highest BCUT2D eigenvalue weighted by Crippen LogP contribution is 2.31. The zero-order valence-corrected chi connectivity index (χ0v) is 6.60. The first-order valence-corrected chi connectivity index (χ1v) is 4.04. The third-order valence-corrected chi connectivity index (χ3v) is 2.40. The molecule has 2 atom stereocenters. The van der Waals surface area contributed by atoms with Gasteiger partial charge in [0, 0.05) is 0 Å². The summed E-state index contributed by atoms with van der Waals surface area (Å²) in [4.78, 5) is 10.6. The maximum Gasteiger partial charge on any atom is 0.130 e. The van der Waals surface area contributed by atoms with Crippen LogP contribution >= 0.6 is 0 Å². The van der Waals surface area contributed by atoms with E-state index in [0.29, 0.717) is 6.42 Å². The van der Waals surface area contributed by atoms with Gasteiger partial charge in [-0.25, -0.2) is 0 Å². The highest BCUT2D eigenvalue weighted by Gasteiger charge is 2.29. The fourth-order valence-corrected chi connectivity index (χ4v) is 1.77. The molecule has 0 aliphatic heterocycles. The largest absolute Gasteiger partial charge is 0.392 e. The first-order valence-electron chi connectivity index (χ1n) is 4.04. The van der Waals surface area contributed by atoms with Crippen molar-refractivity contribution in [3.8, 4) is 0 Å². The number of fused-ring (bicyclic) bond motifs is 1. The van der Waals surface area contributed by atoms with Crippen LogP contribution in [0.1, 0.15) is 17.0 Å². The molecule has 1 aromatic rings. The van der Waals surface area contributed by atoms with E-state index >= 15 is 0 Å². The number of carbonyl (C=O) groups is 1. The molecule has 0 fully saturated rings. The number of aliphatic hydroxyl groups excluding tert-OH is 1. The molecule has 1 aliphatic carbocycles. The maximum absolute atomic E-state index is 10.6. The number of rotatable bonds is 1. The average Bonchev–Trinajstić information content (AvgIpc) is 2.40. The van der Waals surface area contributed by atoms with Crippen molar-refractivity contribution < 1.29 is 9.90 Å². The van der Waals surface area contributed by atoms with Crippen molar-refractivity contribution in [1.82, 2.24) is 0 Å². The van der Waals surface area contributed by atoms with Gasteiger partial charge in [0.05, 0.1) is 12.0 Å². The summed E-state index contributed by atoms with van der Waals surface area (Å²) in [5, 5.41) is 9.48. The van der Waals surface area contributed by atoms with E-state index in [2.05, 4.69) is 0 Å². The molecule has 2 heteroatoms. The number of aldehydes is 1. The molecule has 12 heavy (non-hydrogen) atoms. The minimum atomic E-state index is -0.514. The van der Waals surface area contributed by atoms with Crippen molar-refractivity contribution in [2.24, 2.45) is 0 Å². The lowest BCUT2D eigenvalue weighted by Crippen LogP contribution is -2.13. The Bertz CT molecular complexity index is 306. The lowest BCUT2D eigenvalue weighted by atomic mass is 10.0. The molecule has 2 unspecified atom stereocenters. The summed E-state index contributed by atoms with van der Waals surface area (Å²) in [5.74, 6) is -0.304. The smallest absolute Gasteiger partial charge is 0.130 e. The molecule has 0 saturated carbocycles. The molecule has 0 amide bonds. The minimum absolute atomic E-state index is 0.304. The van der Waals surface area contributed by atoms with E-state index in [-0.39, 0.29) is 5.92 Å². The van der Waals surface area contributed by atoms with Gasteiger partial charge in [-0.05, 0) is 17.5 Å². The van der Waals surface area contributed by atoms with Gasteiger partial charge in [0.2, 0.25) is 0 Å². The van der Waals surface area contributed by atoms with Crippen molar-refractivity contribution in [3.63, 3.8) is 0 Å². The fourth-order valence-electron chi connectivity index (χ4n) is 1.77. The Morgan fingerprint density at radius 2 is 2.17 bits per heavy atom. The van der Waals surface area contributed by atoms with Gasteiger partial charge in [0.1, 0.15) is 6.29 Å². The summed E-state index contributed by atoms with van der Waals surface area (Å²) in [6.45, 7) is 0. The van der Waals surface area contributed by atoms with Gasteiger partial charge >= 0.3 is 0 Å². The van der Waals surface area contributed by atoms with Gasteiger partial charge in [-0.3, -0.25) is 0 Å². The first-order chi connectivity index (χ1) is 5.83. The molecule has 0 spiro atoms. The second-order valence-corrected chi connectivity index (χ2v) is 3.13. The third kappa shape index (κ3) is 0.959. The third-order valence-electron chi connectivity index (χ3n) is 2.40. The summed E-state index contributed by atoms with van der Waals surface area (Å²) < 4.78 is 0. The second kappa shape index (κ2) is 2.72. The second-order valence-electron chi connectivity index (χ2n) is 3.13. The predicted molar refractivity (Wildman–Crippen MR) is 45.0 cm³/mol. The van der Waals surface area contributed by atoms with Gasteiger partial charge in [-0.15, -0.1) is 0 Å². The van der Waals surface area contributed by atoms with Gasteiger partial charge < -0.3 is 9.90 Å². The topological polar surface area (TPSA) is 37.3 Å². The Kier molecular flexibility index (Phi) is 1.70. The fraction of sp³-hybridized carbons (Fsp3) is 0.300. The van der Waals surface area contributed by atoms with E-state index in [1.54, 1.807) is 0 Å². The van der Waals surface area contributed by atoms with Crippen LogP contribution in [0.4, 0.5) is 0 Å². The molecule has 62 valence electrons. The van der Waals surface area contributed by atoms with Crippen LogP contribution in [0.3, 0.4) is 0 Å². The zero-order valence-electron chi connectivity index (χ0n) is 6.60. The molecular weight excluding hydrogens is 152 g/mol. The molecular formula is C10H10O2. The van der Waals surface area contributed by atoms with E-state index in [1.807, 2.05) is 24.3 Å². The Morgan fingerprint density at radius 3 is 2.92 bits per heavy atom. The van der Waals surface area contributed by atoms with Crippen LogP contribution in [0.5, 0.6) is 0 Å². The molecule has 2 rings (SSSR count). The van der Waals surface area contributed by atoms with E-state index in [9.17, 15) is 9.90 Å². The standard InChI is InChI=1S/C10H10O2/c11-6-9-8-4-2-1-3-7(8)5-10(9)12/h1-4,6,9-10,12H,5H2. The lowest BCUT2D eigenvalue weighted by Gasteiger charge is -2.06. The highest BCUT2D eigenvalue weighted by molar-refractivity contribution is 5.66. The van der Waals surface area contributed by atoms with Gasteiger partial charge in [-0.2, -0.15) is 0 Å². The lowest BCUT2D eigenvalue weighted by molar-refractivity contribution is -0.110. The minimum Gasteiger partial charge on any atom is -0.392 e. The van der Waals surface area contributed by atoms with E-state index in [0.717, 1.165) is 17.4 Å². The summed E-state index contributed by atoms with van der Waals surface area (Å²) >= 11 is 0. The van der Waals surface area contributed by atoms with Gasteiger partial charge in [0.15, 0.2) is 0 Å². The summed E-state index contributed by atoms with van der Waals surface area (Å²) in [7, 11) is 0. The monoisotopic (exact) mass is 162 g/mol. The van der Waals surface area contributed by atoms with Crippen molar-refractivity contribution in [1.29, 1.82) is 0 Å². The maximum atomic E-state index is 10.6. The van der Waals surface area contributed by atoms with Crippen LogP contribution in [0.25, 0.3) is 0 Å². The number of hydrogen-bond acceptors (Lipinski definition) is 2. The molecule has 1 N–H and O–H groups in total. The predicted octanol–water partition coefficient (Wildman–Crippen LogP) is 0.886. The van der Waals surface area contributed by atoms with Crippen LogP contribution < -0.4 is 0 Å². The Morgan fingerprint density at radius 1 is 1.42 bits per heavy atom. The summed E-state index contributed by atoms with van der Waals surface area (Å²) in [6.07, 6.45) is 0.927. The van der Waals surface area contributed by atoms with E-state index in [1.165, 1.54) is 0 Å². The van der Waals surface area contributed by atoms with Gasteiger partial charge in [0.25, 0.3) is 0 Å². The first kappa shape index (κ1) is 7.50. The highest BCUT2D eigenvalue weighted by atomic mass is 16.3. The molecule has 2 nitrogen and oxygen atoms in total. The van der Waals surface area contributed by atoms with Crippen molar-refractivity contribution in [2.75, 3.05) is 0 Å². The number of carbonyl (C=O) groups excluding carboxylic acids is 1. The molecule has 0 saturated heterocycles. The van der Waals surface area contributed by atoms with Crippen molar-refractivity contribution in [3.05, 3.63) is 35.4 Å². The number of benzene rings is 1. The Labute approximate surface area is 70.8 Å². The molecule has 1 aromatic carbocycles. The molecule has 0 radical (unpaired) electrons. The van der Waals surface area contributed by atoms with Crippen LogP contribution in [-0.2, 0) is 11.2 Å². The number of hydrogen-bond donors (Lipinski definition) is 1. The SMILES string of the molecule is O=CC1c2ccccc2CC1O. The quantitative estimate of drug-likeness (QED) is 0.622. The Balaban J connectivity index is 2.47. The molecule has 0 aromatic heterocycles. The Hall–Kier alpha value is -1.15. The molecule has 0 bridgehead atoms. The van der Waals surface area contributed by atoms with Crippen LogP contribution in [0.2, 0.25) is 0 Å². The summed E-state index contributed by atoms with van der Waals surface area (Å²) in [6, 6.07) is 7.69. The van der Waals surface area contributed by atoms with Crippen molar-refractivity contribution >= 4 is 6.29 Å². The van der Waals surface area contributed by atoms with Crippen molar-refractivity contribution in [2.45, 2.75) is 18.4 Å². The molecule has 1 aliphatic rings.